The van der Waals surface area contributed by atoms with Crippen molar-refractivity contribution in [3.63, 3.8) is 0 Å². The topological polar surface area (TPSA) is 73.7 Å². The van der Waals surface area contributed by atoms with Gasteiger partial charge in [0, 0.05) is 38.0 Å². The number of aromatic nitrogens is 2. The van der Waals surface area contributed by atoms with Crippen LogP contribution in [0.4, 0.5) is 8.78 Å². The van der Waals surface area contributed by atoms with E-state index in [2.05, 4.69) is 9.84 Å². The van der Waals surface area contributed by atoms with Crippen LogP contribution in [0.1, 0.15) is 22.5 Å². The van der Waals surface area contributed by atoms with Gasteiger partial charge in [-0.3, -0.25) is 9.48 Å². The zero-order chi connectivity index (χ0) is 21.6. The van der Waals surface area contributed by atoms with Gasteiger partial charge in [-0.25, -0.2) is 4.79 Å². The number of rotatable bonds is 8. The molecule has 9 heteroatoms. The van der Waals surface area contributed by atoms with E-state index in [9.17, 15) is 18.4 Å². The summed E-state index contributed by atoms with van der Waals surface area (Å²) in [7, 11) is 3.36. The number of halogens is 2. The molecular weight excluding hydrogens is 384 g/mol. The predicted octanol–water partition coefficient (Wildman–Crippen LogP) is 2.85. The van der Waals surface area contributed by atoms with E-state index in [1.54, 1.807) is 29.9 Å². The Morgan fingerprint density at radius 3 is 2.45 bits per heavy atom. The molecule has 0 aliphatic carbocycles. The molecule has 0 spiro atoms. The first-order valence-corrected chi connectivity index (χ1v) is 8.80. The first kappa shape index (κ1) is 22.1. The van der Waals surface area contributed by atoms with Gasteiger partial charge in [-0.2, -0.15) is 13.9 Å². The Bertz CT molecular complexity index is 892. The molecule has 7 nitrogen and oxygen atoms in total. The summed E-state index contributed by atoms with van der Waals surface area (Å²) in [5.74, 6) is -0.992. The molecule has 1 heterocycles. The maximum absolute atomic E-state index is 12.2. The fraction of sp³-hybridized carbons (Fsp3) is 0.350. The third-order valence-electron chi connectivity index (χ3n) is 4.28. The van der Waals surface area contributed by atoms with Crippen LogP contribution in [0.25, 0.3) is 6.08 Å². The number of carbonyl (C=O) groups excluding carboxylic acids is 2. The Morgan fingerprint density at radius 1 is 1.24 bits per heavy atom. The zero-order valence-corrected chi connectivity index (χ0v) is 16.7. The molecule has 0 unspecified atom stereocenters. The molecule has 0 saturated carbocycles. The highest BCUT2D eigenvalue weighted by Gasteiger charge is 2.13. The minimum atomic E-state index is -2.89. The Morgan fingerprint density at radius 2 is 1.90 bits per heavy atom. The van der Waals surface area contributed by atoms with Crippen LogP contribution in [0.3, 0.4) is 0 Å². The fourth-order valence-corrected chi connectivity index (χ4v) is 2.61. The number of ether oxygens (including phenoxy) is 2. The van der Waals surface area contributed by atoms with Crippen LogP contribution in [0.2, 0.25) is 0 Å². The van der Waals surface area contributed by atoms with E-state index in [0.29, 0.717) is 0 Å². The molecule has 1 amide bonds. The SMILES string of the molecule is Cc1nn(C)c(C)c1C=CC(=O)OCC(=O)N(C)Cc1ccc(OC(F)F)cc1. The van der Waals surface area contributed by atoms with Crippen LogP contribution >= 0.6 is 0 Å². The lowest BCUT2D eigenvalue weighted by atomic mass is 10.2. The number of benzene rings is 1. The number of aryl methyl sites for hydroxylation is 2. The van der Waals surface area contributed by atoms with Gasteiger partial charge in [0.05, 0.1) is 5.69 Å². The summed E-state index contributed by atoms with van der Waals surface area (Å²) in [5, 5.41) is 4.25. The van der Waals surface area contributed by atoms with Crippen molar-refractivity contribution in [3.05, 3.63) is 52.9 Å². The summed E-state index contributed by atoms with van der Waals surface area (Å²) < 4.78 is 35.3. The van der Waals surface area contributed by atoms with Crippen molar-refractivity contribution in [2.45, 2.75) is 27.0 Å². The molecule has 156 valence electrons. The van der Waals surface area contributed by atoms with Gasteiger partial charge >= 0.3 is 12.6 Å². The highest BCUT2D eigenvalue weighted by atomic mass is 19.3. The standard InChI is InChI=1S/C20H23F2N3O4/c1-13-17(14(2)25(4)23-13)9-10-19(27)28-12-18(26)24(3)11-15-5-7-16(8-6-15)29-20(21)22/h5-10,20H,11-12H2,1-4H3. The second kappa shape index (κ2) is 9.81. The maximum Gasteiger partial charge on any atom is 0.387 e. The smallest absolute Gasteiger partial charge is 0.387 e. The number of alkyl halides is 2. The Kier molecular flexibility index (Phi) is 7.46. The molecule has 0 bridgehead atoms. The zero-order valence-electron chi connectivity index (χ0n) is 16.7. The monoisotopic (exact) mass is 407 g/mol. The molecular formula is C20H23F2N3O4. The van der Waals surface area contributed by atoms with Crippen LogP contribution in [0, 0.1) is 13.8 Å². The van der Waals surface area contributed by atoms with Crippen molar-refractivity contribution < 1.29 is 27.8 Å². The molecule has 0 fully saturated rings. The predicted molar refractivity (Wildman–Crippen MR) is 102 cm³/mol. The van der Waals surface area contributed by atoms with Gasteiger partial charge < -0.3 is 14.4 Å². The van der Waals surface area contributed by atoms with E-state index in [1.165, 1.54) is 23.1 Å². The van der Waals surface area contributed by atoms with Crippen LogP contribution in [0.5, 0.6) is 5.75 Å². The van der Waals surface area contributed by atoms with Gasteiger partial charge in [0.1, 0.15) is 5.75 Å². The lowest BCUT2D eigenvalue weighted by Crippen LogP contribution is -2.30. The van der Waals surface area contributed by atoms with Crippen LogP contribution in [-0.4, -0.2) is 46.8 Å². The van der Waals surface area contributed by atoms with E-state index in [0.717, 1.165) is 22.5 Å². The first-order chi connectivity index (χ1) is 13.7. The third kappa shape index (κ3) is 6.41. The Hall–Kier alpha value is -3.23. The van der Waals surface area contributed by atoms with Gasteiger partial charge in [0.15, 0.2) is 6.61 Å². The summed E-state index contributed by atoms with van der Waals surface area (Å²) in [4.78, 5) is 25.4. The number of carbonyl (C=O) groups is 2. The van der Waals surface area contributed by atoms with Crippen molar-refractivity contribution >= 4 is 18.0 Å². The number of amides is 1. The van der Waals surface area contributed by atoms with Crippen molar-refractivity contribution in [3.8, 4) is 5.75 Å². The average Bonchev–Trinajstić information content (AvgIpc) is 2.90. The minimum absolute atomic E-state index is 0.0394. The summed E-state index contributed by atoms with van der Waals surface area (Å²) in [6, 6.07) is 5.95. The van der Waals surface area contributed by atoms with Crippen LogP contribution in [0.15, 0.2) is 30.3 Å². The van der Waals surface area contributed by atoms with Gasteiger partial charge in [-0.05, 0) is 37.6 Å². The lowest BCUT2D eigenvalue weighted by Gasteiger charge is -2.17. The van der Waals surface area contributed by atoms with Crippen molar-refractivity contribution in [1.82, 2.24) is 14.7 Å². The molecule has 1 aromatic heterocycles. The number of hydrogen-bond acceptors (Lipinski definition) is 5. The highest BCUT2D eigenvalue weighted by Crippen LogP contribution is 2.16. The second-order valence-electron chi connectivity index (χ2n) is 6.42. The molecule has 0 aliphatic heterocycles. The highest BCUT2D eigenvalue weighted by molar-refractivity contribution is 5.89. The second-order valence-corrected chi connectivity index (χ2v) is 6.42. The largest absolute Gasteiger partial charge is 0.452 e. The number of likely N-dealkylation sites (N-methyl/N-ethyl adjacent to an activating group) is 1. The Balaban J connectivity index is 1.83. The Labute approximate surface area is 167 Å². The average molecular weight is 407 g/mol. The molecule has 1 aromatic carbocycles. The molecule has 0 aliphatic rings. The summed E-state index contributed by atoms with van der Waals surface area (Å²) in [5.41, 5.74) is 3.24. The normalized spacial score (nSPS) is 11.1. The quantitative estimate of drug-likeness (QED) is 0.497. The molecule has 0 radical (unpaired) electrons. The molecule has 0 N–H and O–H groups in total. The van der Waals surface area contributed by atoms with Crippen molar-refractivity contribution in [1.29, 1.82) is 0 Å². The lowest BCUT2D eigenvalue weighted by molar-refractivity contribution is -0.147. The molecule has 0 saturated heterocycles. The number of esters is 1. The summed E-state index contributed by atoms with van der Waals surface area (Å²) >= 11 is 0. The summed E-state index contributed by atoms with van der Waals surface area (Å²) in [6.07, 6.45) is 2.86. The summed E-state index contributed by atoms with van der Waals surface area (Å²) in [6.45, 7) is 0.657. The van der Waals surface area contributed by atoms with Gasteiger partial charge in [-0.15, -0.1) is 0 Å². The van der Waals surface area contributed by atoms with Gasteiger partial charge in [0.2, 0.25) is 0 Å². The fourth-order valence-electron chi connectivity index (χ4n) is 2.61. The number of hydrogen-bond donors (Lipinski definition) is 0. The van der Waals surface area contributed by atoms with Crippen LogP contribution in [-0.2, 0) is 27.9 Å². The molecule has 2 rings (SSSR count). The minimum Gasteiger partial charge on any atom is -0.452 e. The van der Waals surface area contributed by atoms with Crippen molar-refractivity contribution in [2.75, 3.05) is 13.7 Å². The molecule has 29 heavy (non-hydrogen) atoms. The van der Waals surface area contributed by atoms with Crippen molar-refractivity contribution in [2.24, 2.45) is 7.05 Å². The van der Waals surface area contributed by atoms with Gasteiger partial charge in [0.25, 0.3) is 5.91 Å². The van der Waals surface area contributed by atoms with E-state index in [1.807, 2.05) is 20.9 Å². The first-order valence-electron chi connectivity index (χ1n) is 8.80. The van der Waals surface area contributed by atoms with E-state index < -0.39 is 25.1 Å². The van der Waals surface area contributed by atoms with Gasteiger partial charge in [-0.1, -0.05) is 12.1 Å². The molecule has 0 atom stereocenters. The maximum atomic E-state index is 12.2. The third-order valence-corrected chi connectivity index (χ3v) is 4.28. The number of nitrogens with zero attached hydrogens (tertiary/aromatic N) is 3. The van der Waals surface area contributed by atoms with Crippen LogP contribution < -0.4 is 4.74 Å². The van der Waals surface area contributed by atoms with E-state index in [-0.39, 0.29) is 12.3 Å². The van der Waals surface area contributed by atoms with E-state index in [4.69, 9.17) is 4.74 Å². The molecule has 2 aromatic rings. The van der Waals surface area contributed by atoms with E-state index >= 15 is 0 Å².